The first kappa shape index (κ1) is 11.6. The molecule has 0 aromatic carbocycles. The standard InChI is InChI=1S/C14H22N2/c1-10-12-6-7-16(5)9-11(12)8-13(15-10)14(2,3)4/h8H,6-7,9H2,1-5H3. The van der Waals surface area contributed by atoms with E-state index in [1.165, 1.54) is 22.5 Å². The Hall–Kier alpha value is -0.890. The fourth-order valence-corrected chi connectivity index (χ4v) is 2.30. The summed E-state index contributed by atoms with van der Waals surface area (Å²) in [5.74, 6) is 0. The van der Waals surface area contributed by atoms with Crippen molar-refractivity contribution >= 4 is 0 Å². The molecule has 1 aliphatic rings. The average molecular weight is 218 g/mol. The molecule has 0 unspecified atom stereocenters. The number of nitrogens with zero attached hydrogens (tertiary/aromatic N) is 2. The average Bonchev–Trinajstić information content (AvgIpc) is 2.15. The largest absolute Gasteiger partial charge is 0.302 e. The molecule has 2 rings (SSSR count). The van der Waals surface area contributed by atoms with Crippen molar-refractivity contribution in [3.8, 4) is 0 Å². The van der Waals surface area contributed by atoms with Crippen LogP contribution in [0.4, 0.5) is 0 Å². The molecule has 0 fully saturated rings. The molecule has 88 valence electrons. The molecule has 0 atom stereocenters. The highest BCUT2D eigenvalue weighted by molar-refractivity contribution is 5.36. The molecule has 0 N–H and O–H groups in total. The van der Waals surface area contributed by atoms with E-state index in [0.717, 1.165) is 19.5 Å². The maximum atomic E-state index is 4.76. The van der Waals surface area contributed by atoms with Crippen LogP contribution in [0.15, 0.2) is 6.07 Å². The van der Waals surface area contributed by atoms with Gasteiger partial charge in [0.2, 0.25) is 0 Å². The van der Waals surface area contributed by atoms with Gasteiger partial charge in [-0.05, 0) is 37.6 Å². The van der Waals surface area contributed by atoms with E-state index < -0.39 is 0 Å². The third-order valence-electron chi connectivity index (χ3n) is 3.38. The molecule has 2 heteroatoms. The first-order valence-electron chi connectivity index (χ1n) is 6.06. The molecular weight excluding hydrogens is 196 g/mol. The van der Waals surface area contributed by atoms with Crippen LogP contribution in [-0.4, -0.2) is 23.5 Å². The van der Waals surface area contributed by atoms with Gasteiger partial charge in [-0.3, -0.25) is 4.98 Å². The van der Waals surface area contributed by atoms with Crippen LogP contribution >= 0.6 is 0 Å². The van der Waals surface area contributed by atoms with Crippen molar-refractivity contribution in [2.45, 2.75) is 46.1 Å². The van der Waals surface area contributed by atoms with Crippen LogP contribution in [0.1, 0.15) is 43.3 Å². The highest BCUT2D eigenvalue weighted by Gasteiger charge is 2.21. The van der Waals surface area contributed by atoms with E-state index in [1.807, 2.05) is 0 Å². The number of pyridine rings is 1. The summed E-state index contributed by atoms with van der Waals surface area (Å²) in [4.78, 5) is 7.15. The number of hydrogen-bond donors (Lipinski definition) is 0. The van der Waals surface area contributed by atoms with Crippen LogP contribution in [0.2, 0.25) is 0 Å². The number of rotatable bonds is 0. The smallest absolute Gasteiger partial charge is 0.0463 e. The lowest BCUT2D eigenvalue weighted by Gasteiger charge is -2.28. The highest BCUT2D eigenvalue weighted by atomic mass is 15.1. The Kier molecular flexibility index (Phi) is 2.79. The van der Waals surface area contributed by atoms with E-state index >= 15 is 0 Å². The van der Waals surface area contributed by atoms with Gasteiger partial charge in [0.15, 0.2) is 0 Å². The monoisotopic (exact) mass is 218 g/mol. The van der Waals surface area contributed by atoms with E-state index in [1.54, 1.807) is 0 Å². The first-order valence-corrected chi connectivity index (χ1v) is 6.06. The van der Waals surface area contributed by atoms with Gasteiger partial charge >= 0.3 is 0 Å². The van der Waals surface area contributed by atoms with Gasteiger partial charge in [-0.15, -0.1) is 0 Å². The normalized spacial score (nSPS) is 17.3. The summed E-state index contributed by atoms with van der Waals surface area (Å²) in [6.07, 6.45) is 1.15. The molecule has 2 nitrogen and oxygen atoms in total. The minimum Gasteiger partial charge on any atom is -0.302 e. The summed E-state index contributed by atoms with van der Waals surface area (Å²) in [7, 11) is 2.19. The summed E-state index contributed by atoms with van der Waals surface area (Å²) in [6.45, 7) is 11.1. The molecule has 0 saturated heterocycles. The Balaban J connectivity index is 2.48. The number of aromatic nitrogens is 1. The van der Waals surface area contributed by atoms with Crippen LogP contribution in [0, 0.1) is 6.92 Å². The Morgan fingerprint density at radius 3 is 2.62 bits per heavy atom. The Morgan fingerprint density at radius 2 is 2.00 bits per heavy atom. The topological polar surface area (TPSA) is 16.1 Å². The Morgan fingerprint density at radius 1 is 1.31 bits per heavy atom. The summed E-state index contributed by atoms with van der Waals surface area (Å²) in [5, 5.41) is 0. The van der Waals surface area contributed by atoms with Crippen LogP contribution in [0.5, 0.6) is 0 Å². The second kappa shape index (κ2) is 3.85. The van der Waals surface area contributed by atoms with Crippen molar-refractivity contribution < 1.29 is 0 Å². The van der Waals surface area contributed by atoms with Gasteiger partial charge in [0.1, 0.15) is 0 Å². The zero-order chi connectivity index (χ0) is 11.9. The van der Waals surface area contributed by atoms with Crippen LogP contribution in [-0.2, 0) is 18.4 Å². The van der Waals surface area contributed by atoms with Crippen molar-refractivity contribution in [1.82, 2.24) is 9.88 Å². The van der Waals surface area contributed by atoms with Gasteiger partial charge < -0.3 is 4.90 Å². The molecule has 1 aromatic heterocycles. The predicted molar refractivity (Wildman–Crippen MR) is 67.7 cm³/mol. The molecule has 1 aromatic rings. The van der Waals surface area contributed by atoms with E-state index in [2.05, 4.69) is 45.7 Å². The summed E-state index contributed by atoms with van der Waals surface area (Å²) < 4.78 is 0. The molecule has 0 aliphatic carbocycles. The molecule has 0 radical (unpaired) electrons. The lowest BCUT2D eigenvalue weighted by molar-refractivity contribution is 0.311. The number of hydrogen-bond acceptors (Lipinski definition) is 2. The zero-order valence-electron chi connectivity index (χ0n) is 11.1. The Bertz CT molecular complexity index is 402. The SMILES string of the molecule is Cc1nc(C(C)(C)C)cc2c1CCN(C)C2. The summed E-state index contributed by atoms with van der Waals surface area (Å²) in [6, 6.07) is 2.30. The summed E-state index contributed by atoms with van der Waals surface area (Å²) >= 11 is 0. The third kappa shape index (κ3) is 2.12. The lowest BCUT2D eigenvalue weighted by atomic mass is 9.88. The van der Waals surface area contributed by atoms with E-state index in [9.17, 15) is 0 Å². The van der Waals surface area contributed by atoms with Crippen molar-refractivity contribution in [3.63, 3.8) is 0 Å². The third-order valence-corrected chi connectivity index (χ3v) is 3.38. The number of aryl methyl sites for hydroxylation is 1. The Labute approximate surface area is 98.7 Å². The molecule has 0 saturated carbocycles. The molecule has 16 heavy (non-hydrogen) atoms. The maximum Gasteiger partial charge on any atom is 0.0463 e. The number of fused-ring (bicyclic) bond motifs is 1. The van der Waals surface area contributed by atoms with Crippen molar-refractivity contribution in [1.29, 1.82) is 0 Å². The van der Waals surface area contributed by atoms with Gasteiger partial charge in [-0.25, -0.2) is 0 Å². The zero-order valence-corrected chi connectivity index (χ0v) is 11.1. The van der Waals surface area contributed by atoms with Gasteiger partial charge in [-0.2, -0.15) is 0 Å². The second-order valence-corrected chi connectivity index (χ2v) is 5.97. The number of likely N-dealkylation sites (N-methyl/N-ethyl adjacent to an activating group) is 1. The van der Waals surface area contributed by atoms with Crippen molar-refractivity contribution in [3.05, 3.63) is 28.6 Å². The van der Waals surface area contributed by atoms with Crippen molar-refractivity contribution in [2.24, 2.45) is 0 Å². The summed E-state index contributed by atoms with van der Waals surface area (Å²) in [5.41, 5.74) is 5.56. The lowest BCUT2D eigenvalue weighted by Crippen LogP contribution is -2.28. The van der Waals surface area contributed by atoms with E-state index in [-0.39, 0.29) is 5.41 Å². The molecule has 1 aliphatic heterocycles. The minimum atomic E-state index is 0.149. The molecule has 2 heterocycles. The molecule has 0 amide bonds. The van der Waals surface area contributed by atoms with Crippen LogP contribution < -0.4 is 0 Å². The van der Waals surface area contributed by atoms with Gasteiger partial charge in [0, 0.05) is 29.9 Å². The minimum absolute atomic E-state index is 0.149. The molecular formula is C14H22N2. The first-order chi connectivity index (χ1) is 7.38. The van der Waals surface area contributed by atoms with Crippen molar-refractivity contribution in [2.75, 3.05) is 13.6 Å². The fraction of sp³-hybridized carbons (Fsp3) is 0.643. The highest BCUT2D eigenvalue weighted by Crippen LogP contribution is 2.27. The maximum absolute atomic E-state index is 4.76. The quantitative estimate of drug-likeness (QED) is 0.665. The van der Waals surface area contributed by atoms with E-state index in [0.29, 0.717) is 0 Å². The molecule has 0 spiro atoms. The van der Waals surface area contributed by atoms with Gasteiger partial charge in [0.25, 0.3) is 0 Å². The van der Waals surface area contributed by atoms with E-state index in [4.69, 9.17) is 4.98 Å². The fourth-order valence-electron chi connectivity index (χ4n) is 2.30. The second-order valence-electron chi connectivity index (χ2n) is 5.97. The van der Waals surface area contributed by atoms with Crippen LogP contribution in [0.3, 0.4) is 0 Å². The van der Waals surface area contributed by atoms with Crippen LogP contribution in [0.25, 0.3) is 0 Å². The van der Waals surface area contributed by atoms with Gasteiger partial charge in [0.05, 0.1) is 0 Å². The predicted octanol–water partition coefficient (Wildman–Crippen LogP) is 2.68. The van der Waals surface area contributed by atoms with Gasteiger partial charge in [-0.1, -0.05) is 20.8 Å². The molecule has 0 bridgehead atoms.